The summed E-state index contributed by atoms with van der Waals surface area (Å²) in [4.78, 5) is 29.8. The zero-order chi connectivity index (χ0) is 24.9. The molecule has 3 aromatic rings. The highest BCUT2D eigenvalue weighted by atomic mass is 35.5. The molecule has 1 aromatic heterocycles. The molecule has 0 spiro atoms. The number of anilines is 1. The van der Waals surface area contributed by atoms with Gasteiger partial charge in [-0.15, -0.1) is 0 Å². The summed E-state index contributed by atoms with van der Waals surface area (Å²) in [6.45, 7) is 6.46. The van der Waals surface area contributed by atoms with Crippen LogP contribution in [0.3, 0.4) is 0 Å². The molecule has 0 bridgehead atoms. The lowest BCUT2D eigenvalue weighted by molar-refractivity contribution is -0.117. The highest BCUT2D eigenvalue weighted by molar-refractivity contribution is 6.30. The molecule has 4 rings (SSSR count). The number of rotatable bonds is 5. The largest absolute Gasteiger partial charge is 0.337 e. The number of nitrogens with zero attached hydrogens (tertiary/aromatic N) is 4. The number of hydrogen-bond acceptors (Lipinski definition) is 4. The molecule has 1 aliphatic heterocycles. The molecule has 7 nitrogen and oxygen atoms in total. The van der Waals surface area contributed by atoms with Crippen molar-refractivity contribution in [2.75, 3.05) is 38.0 Å². The Balaban J connectivity index is 1.45. The van der Waals surface area contributed by atoms with Crippen molar-refractivity contribution in [2.24, 2.45) is 0 Å². The van der Waals surface area contributed by atoms with Crippen molar-refractivity contribution in [3.05, 3.63) is 82.0 Å². The van der Waals surface area contributed by atoms with Crippen molar-refractivity contribution in [1.82, 2.24) is 14.4 Å². The molecule has 1 saturated heterocycles. The average Bonchev–Trinajstić information content (AvgIpc) is 2.98. The number of para-hydroxylation sites is 1. The summed E-state index contributed by atoms with van der Waals surface area (Å²) in [7, 11) is 0. The summed E-state index contributed by atoms with van der Waals surface area (Å²) >= 11 is 6.04. The lowest BCUT2D eigenvalue weighted by Crippen LogP contribution is -2.38. The second kappa shape index (κ2) is 10.8. The maximum Gasteiger partial charge on any atom is 0.253 e. The van der Waals surface area contributed by atoms with Crippen molar-refractivity contribution in [3.63, 3.8) is 0 Å². The van der Waals surface area contributed by atoms with Gasteiger partial charge in [0.25, 0.3) is 5.91 Å². The van der Waals surface area contributed by atoms with E-state index in [9.17, 15) is 14.9 Å². The summed E-state index contributed by atoms with van der Waals surface area (Å²) in [5.74, 6) is 0.251. The molecule has 0 radical (unpaired) electrons. The fourth-order valence-electron chi connectivity index (χ4n) is 4.47. The first-order chi connectivity index (χ1) is 16.9. The number of nitriles is 1. The Morgan fingerprint density at radius 3 is 2.51 bits per heavy atom. The van der Waals surface area contributed by atoms with Gasteiger partial charge in [-0.25, -0.2) is 0 Å². The maximum absolute atomic E-state index is 13.1. The fraction of sp³-hybridized carbons (Fsp3) is 0.296. The van der Waals surface area contributed by atoms with E-state index in [-0.39, 0.29) is 18.4 Å². The molecule has 1 aliphatic rings. The molecular weight excluding hydrogens is 462 g/mol. The van der Waals surface area contributed by atoms with E-state index in [1.807, 2.05) is 58.5 Å². The molecule has 0 unspecified atom stereocenters. The van der Waals surface area contributed by atoms with Gasteiger partial charge in [0.05, 0.1) is 12.1 Å². The predicted octanol–water partition coefficient (Wildman–Crippen LogP) is 4.41. The Labute approximate surface area is 210 Å². The first kappa shape index (κ1) is 24.5. The molecule has 2 amide bonds. The second-order valence-electron chi connectivity index (χ2n) is 8.70. The third-order valence-electron chi connectivity index (χ3n) is 6.41. The molecule has 2 aromatic carbocycles. The smallest absolute Gasteiger partial charge is 0.253 e. The minimum absolute atomic E-state index is 0.0518. The van der Waals surface area contributed by atoms with Crippen LogP contribution in [-0.4, -0.2) is 58.9 Å². The van der Waals surface area contributed by atoms with Gasteiger partial charge >= 0.3 is 0 Å². The highest BCUT2D eigenvalue weighted by Gasteiger charge is 2.24. The average molecular weight is 490 g/mol. The van der Waals surface area contributed by atoms with Crippen LogP contribution in [0.1, 0.15) is 33.6 Å². The quantitative estimate of drug-likeness (QED) is 0.575. The number of benzene rings is 2. The molecular formula is C27H28ClN5O2. The van der Waals surface area contributed by atoms with Gasteiger partial charge in [-0.2, -0.15) is 5.26 Å². The summed E-state index contributed by atoms with van der Waals surface area (Å²) in [6.07, 6.45) is 0.766. The van der Waals surface area contributed by atoms with Gasteiger partial charge in [0.2, 0.25) is 5.91 Å². The summed E-state index contributed by atoms with van der Waals surface area (Å²) in [6, 6.07) is 18.9. The molecule has 0 saturated carbocycles. The number of nitrogens with one attached hydrogen (secondary N) is 1. The number of halogens is 1. The predicted molar refractivity (Wildman–Crippen MR) is 137 cm³/mol. The summed E-state index contributed by atoms with van der Waals surface area (Å²) in [5.41, 5.74) is 3.67. The Bertz CT molecular complexity index is 1280. The van der Waals surface area contributed by atoms with E-state index in [0.717, 1.165) is 23.4 Å². The van der Waals surface area contributed by atoms with Crippen molar-refractivity contribution < 1.29 is 9.59 Å². The van der Waals surface area contributed by atoms with Gasteiger partial charge < -0.3 is 10.2 Å². The van der Waals surface area contributed by atoms with Crippen LogP contribution in [0.5, 0.6) is 0 Å². The standard InChI is InChI=1S/C27H28ClN5O2/c1-19-20(2)33(23-10-4-3-5-11-23)26(24(19)17-29)30-25(34)18-31-12-7-13-32(15-14-31)27(35)21-8-6-9-22(28)16-21/h3-6,8-11,16H,7,12-15,18H2,1-2H3,(H,30,34). The molecule has 8 heteroatoms. The number of aromatic nitrogens is 1. The van der Waals surface area contributed by atoms with Crippen LogP contribution >= 0.6 is 11.6 Å². The maximum atomic E-state index is 13.1. The van der Waals surface area contributed by atoms with Crippen LogP contribution in [0.2, 0.25) is 5.02 Å². The zero-order valence-electron chi connectivity index (χ0n) is 19.9. The minimum Gasteiger partial charge on any atom is -0.337 e. The Kier molecular flexibility index (Phi) is 7.54. The van der Waals surface area contributed by atoms with Gasteiger partial charge in [-0.3, -0.25) is 19.1 Å². The summed E-state index contributed by atoms with van der Waals surface area (Å²) in [5, 5.41) is 13.3. The van der Waals surface area contributed by atoms with Crippen molar-refractivity contribution in [1.29, 1.82) is 5.26 Å². The van der Waals surface area contributed by atoms with Crippen molar-refractivity contribution in [2.45, 2.75) is 20.3 Å². The highest BCUT2D eigenvalue weighted by Crippen LogP contribution is 2.30. The lowest BCUT2D eigenvalue weighted by atomic mass is 10.2. The van der Waals surface area contributed by atoms with Crippen molar-refractivity contribution in [3.8, 4) is 11.8 Å². The molecule has 0 atom stereocenters. The Morgan fingerprint density at radius 1 is 1.03 bits per heavy atom. The van der Waals surface area contributed by atoms with Crippen LogP contribution in [0.4, 0.5) is 5.82 Å². The van der Waals surface area contributed by atoms with E-state index in [4.69, 9.17) is 11.6 Å². The van der Waals surface area contributed by atoms with E-state index in [0.29, 0.717) is 48.1 Å². The Hall–Kier alpha value is -3.60. The van der Waals surface area contributed by atoms with E-state index in [1.165, 1.54) is 0 Å². The fourth-order valence-corrected chi connectivity index (χ4v) is 4.66. The molecule has 2 heterocycles. The molecule has 180 valence electrons. The molecule has 1 fully saturated rings. The van der Waals surface area contributed by atoms with E-state index >= 15 is 0 Å². The van der Waals surface area contributed by atoms with Gasteiger partial charge in [0, 0.05) is 48.1 Å². The van der Waals surface area contributed by atoms with Crippen LogP contribution in [0.15, 0.2) is 54.6 Å². The monoisotopic (exact) mass is 489 g/mol. The van der Waals surface area contributed by atoms with Gasteiger partial charge in [-0.1, -0.05) is 35.9 Å². The first-order valence-electron chi connectivity index (χ1n) is 11.6. The zero-order valence-corrected chi connectivity index (χ0v) is 20.7. The third-order valence-corrected chi connectivity index (χ3v) is 6.65. The lowest BCUT2D eigenvalue weighted by Gasteiger charge is -2.22. The van der Waals surface area contributed by atoms with E-state index in [2.05, 4.69) is 11.4 Å². The van der Waals surface area contributed by atoms with Gasteiger partial charge in [0.1, 0.15) is 11.9 Å². The third kappa shape index (κ3) is 5.40. The van der Waals surface area contributed by atoms with Gasteiger partial charge in [-0.05, 0) is 56.2 Å². The Morgan fingerprint density at radius 2 is 1.80 bits per heavy atom. The van der Waals surface area contributed by atoms with E-state index in [1.54, 1.807) is 24.3 Å². The molecule has 0 aliphatic carbocycles. The number of carbonyl (C=O) groups excluding carboxylic acids is 2. The first-order valence-corrected chi connectivity index (χ1v) is 12.0. The topological polar surface area (TPSA) is 81.4 Å². The molecule has 35 heavy (non-hydrogen) atoms. The number of carbonyl (C=O) groups is 2. The number of amides is 2. The van der Waals surface area contributed by atoms with Gasteiger partial charge in [0.15, 0.2) is 0 Å². The van der Waals surface area contributed by atoms with Crippen LogP contribution in [0.25, 0.3) is 5.69 Å². The van der Waals surface area contributed by atoms with Crippen molar-refractivity contribution >= 4 is 29.2 Å². The van der Waals surface area contributed by atoms with Crippen LogP contribution < -0.4 is 5.32 Å². The SMILES string of the molecule is Cc1c(C#N)c(NC(=O)CN2CCCN(C(=O)c3cccc(Cl)c3)CC2)n(-c2ccccc2)c1C. The second-order valence-corrected chi connectivity index (χ2v) is 9.13. The van der Waals surface area contributed by atoms with Crippen LogP contribution in [0, 0.1) is 25.2 Å². The minimum atomic E-state index is -0.189. The normalized spacial score (nSPS) is 14.3. The van der Waals surface area contributed by atoms with E-state index < -0.39 is 0 Å². The summed E-state index contributed by atoms with van der Waals surface area (Å²) < 4.78 is 1.92. The van der Waals surface area contributed by atoms with Crippen LogP contribution in [-0.2, 0) is 4.79 Å². The molecule has 1 N–H and O–H groups in total. The number of hydrogen-bond donors (Lipinski definition) is 1.